The average Bonchev–Trinajstić information content (AvgIpc) is 2.53. The van der Waals surface area contributed by atoms with Crippen molar-refractivity contribution in [3.63, 3.8) is 0 Å². The molecule has 3 heterocycles. The summed E-state index contributed by atoms with van der Waals surface area (Å²) in [5.41, 5.74) is 0.344. The van der Waals surface area contributed by atoms with Gasteiger partial charge in [0, 0.05) is 19.3 Å². The van der Waals surface area contributed by atoms with E-state index in [2.05, 4.69) is 4.40 Å². The molecular weight excluding hydrogens is 322 g/mol. The standard InChI is InChI=1S/C14H17N3O5S/c18-13(17-6-2-1-3-11(17)14(19)20)10-4-5-12-15-23(21,22)8-7-16(12)9-10/h4-5,9,11H,1-3,6-8H2,(H,19,20). The number of carboxylic acids is 1. The molecule has 0 saturated carbocycles. The lowest BCUT2D eigenvalue weighted by Gasteiger charge is -2.34. The first kappa shape index (κ1) is 15.7. The van der Waals surface area contributed by atoms with Gasteiger partial charge in [0.25, 0.3) is 15.9 Å². The molecule has 0 aliphatic carbocycles. The van der Waals surface area contributed by atoms with E-state index >= 15 is 0 Å². The number of carbonyl (C=O) groups excluding carboxylic acids is 1. The van der Waals surface area contributed by atoms with Crippen LogP contribution in [0.25, 0.3) is 0 Å². The molecule has 0 spiro atoms. The van der Waals surface area contributed by atoms with Gasteiger partial charge in [-0.1, -0.05) is 0 Å². The molecule has 0 aromatic rings. The lowest BCUT2D eigenvalue weighted by atomic mass is 10.0. The van der Waals surface area contributed by atoms with E-state index in [0.717, 1.165) is 12.8 Å². The zero-order chi connectivity index (χ0) is 16.6. The number of rotatable bonds is 2. The molecule has 23 heavy (non-hydrogen) atoms. The van der Waals surface area contributed by atoms with E-state index < -0.39 is 22.0 Å². The van der Waals surface area contributed by atoms with Gasteiger partial charge in [0.15, 0.2) is 0 Å². The zero-order valence-corrected chi connectivity index (χ0v) is 13.2. The first-order chi connectivity index (χ1) is 10.9. The molecule has 1 unspecified atom stereocenters. The second kappa shape index (κ2) is 5.80. The van der Waals surface area contributed by atoms with Crippen molar-refractivity contribution >= 4 is 27.7 Å². The Hall–Kier alpha value is -2.16. The highest BCUT2D eigenvalue weighted by molar-refractivity contribution is 7.90. The maximum Gasteiger partial charge on any atom is 0.326 e. The van der Waals surface area contributed by atoms with E-state index in [9.17, 15) is 23.1 Å². The van der Waals surface area contributed by atoms with Gasteiger partial charge < -0.3 is 14.9 Å². The lowest BCUT2D eigenvalue weighted by Crippen LogP contribution is -2.49. The molecule has 1 fully saturated rings. The molecule has 0 radical (unpaired) electrons. The van der Waals surface area contributed by atoms with Crippen molar-refractivity contribution in [3.05, 3.63) is 23.9 Å². The molecule has 0 bridgehead atoms. The van der Waals surface area contributed by atoms with Crippen molar-refractivity contribution in [1.29, 1.82) is 0 Å². The summed E-state index contributed by atoms with van der Waals surface area (Å²) in [7, 11) is -3.44. The fraction of sp³-hybridized carbons (Fsp3) is 0.500. The van der Waals surface area contributed by atoms with Gasteiger partial charge in [0.05, 0.1) is 11.3 Å². The third-order valence-corrected chi connectivity index (χ3v) is 5.28. The van der Waals surface area contributed by atoms with Crippen molar-refractivity contribution in [2.75, 3.05) is 18.8 Å². The Morgan fingerprint density at radius 1 is 1.22 bits per heavy atom. The zero-order valence-electron chi connectivity index (χ0n) is 12.4. The Kier molecular flexibility index (Phi) is 3.97. The van der Waals surface area contributed by atoms with Crippen LogP contribution in [-0.4, -0.2) is 65.9 Å². The first-order valence-electron chi connectivity index (χ1n) is 7.40. The Labute approximate surface area is 133 Å². The van der Waals surface area contributed by atoms with Gasteiger partial charge in [-0.3, -0.25) is 4.79 Å². The summed E-state index contributed by atoms with van der Waals surface area (Å²) in [6.07, 6.45) is 6.53. The molecule has 1 saturated heterocycles. The van der Waals surface area contributed by atoms with Crippen molar-refractivity contribution in [3.8, 4) is 0 Å². The molecule has 124 valence electrons. The molecule has 3 aliphatic heterocycles. The summed E-state index contributed by atoms with van der Waals surface area (Å²) < 4.78 is 26.6. The maximum atomic E-state index is 12.6. The largest absolute Gasteiger partial charge is 0.480 e. The fourth-order valence-corrected chi connectivity index (χ4v) is 3.89. The number of aliphatic carboxylic acids is 1. The highest BCUT2D eigenvalue weighted by Gasteiger charge is 2.34. The van der Waals surface area contributed by atoms with Crippen LogP contribution in [0.15, 0.2) is 28.3 Å². The Morgan fingerprint density at radius 3 is 2.74 bits per heavy atom. The first-order valence-corrected chi connectivity index (χ1v) is 9.01. The van der Waals surface area contributed by atoms with Crippen LogP contribution < -0.4 is 0 Å². The monoisotopic (exact) mass is 339 g/mol. The molecule has 1 N–H and O–H groups in total. The predicted octanol–water partition coefficient (Wildman–Crippen LogP) is -0.0503. The smallest absolute Gasteiger partial charge is 0.326 e. The SMILES string of the molecule is O=C(O)C1CCCCN1C(=O)C1=CN2CCS(=O)(=O)N=C2C=C1. The van der Waals surface area contributed by atoms with Crippen molar-refractivity contribution < 1.29 is 23.1 Å². The summed E-state index contributed by atoms with van der Waals surface area (Å²) in [5, 5.41) is 9.27. The number of amides is 1. The summed E-state index contributed by atoms with van der Waals surface area (Å²) in [6, 6.07) is -0.803. The Bertz CT molecular complexity index is 738. The summed E-state index contributed by atoms with van der Waals surface area (Å²) >= 11 is 0. The molecule has 3 aliphatic rings. The topological polar surface area (TPSA) is 107 Å². The number of amidine groups is 1. The van der Waals surface area contributed by atoms with E-state index in [4.69, 9.17) is 0 Å². The molecule has 1 atom stereocenters. The molecule has 8 nitrogen and oxygen atoms in total. The number of hydrogen-bond donors (Lipinski definition) is 1. The summed E-state index contributed by atoms with van der Waals surface area (Å²) in [4.78, 5) is 26.9. The van der Waals surface area contributed by atoms with Crippen LogP contribution in [0.3, 0.4) is 0 Å². The summed E-state index contributed by atoms with van der Waals surface area (Å²) in [5.74, 6) is -1.17. The van der Waals surface area contributed by atoms with Crippen LogP contribution >= 0.6 is 0 Å². The van der Waals surface area contributed by atoms with Crippen molar-refractivity contribution in [1.82, 2.24) is 9.80 Å². The normalized spacial score (nSPS) is 26.2. The second-order valence-corrected chi connectivity index (χ2v) is 7.45. The Balaban J connectivity index is 1.83. The number of hydrogen-bond acceptors (Lipinski definition) is 5. The Morgan fingerprint density at radius 2 is 2.00 bits per heavy atom. The number of nitrogens with zero attached hydrogens (tertiary/aromatic N) is 3. The molecular formula is C14H17N3O5S. The molecule has 3 rings (SSSR count). The minimum atomic E-state index is -3.44. The fourth-order valence-electron chi connectivity index (χ4n) is 2.92. The molecule has 0 aromatic heterocycles. The minimum absolute atomic E-state index is 0.107. The number of likely N-dealkylation sites (tertiary alicyclic amines) is 1. The van der Waals surface area contributed by atoms with Gasteiger partial charge in [-0.25, -0.2) is 13.2 Å². The average molecular weight is 339 g/mol. The van der Waals surface area contributed by atoms with E-state index in [1.54, 1.807) is 11.1 Å². The van der Waals surface area contributed by atoms with Gasteiger partial charge in [0.1, 0.15) is 11.9 Å². The van der Waals surface area contributed by atoms with Gasteiger partial charge in [-0.15, -0.1) is 4.40 Å². The second-order valence-electron chi connectivity index (χ2n) is 5.70. The third kappa shape index (κ3) is 3.14. The van der Waals surface area contributed by atoms with E-state index in [-0.39, 0.29) is 24.0 Å². The number of carboxylic acid groups (broad SMARTS) is 1. The van der Waals surface area contributed by atoms with Crippen LogP contribution in [0.2, 0.25) is 0 Å². The third-order valence-electron chi connectivity index (χ3n) is 4.12. The van der Waals surface area contributed by atoms with Crippen LogP contribution in [-0.2, 0) is 19.6 Å². The van der Waals surface area contributed by atoms with E-state index in [0.29, 0.717) is 18.5 Å². The van der Waals surface area contributed by atoms with Crippen molar-refractivity contribution in [2.24, 2.45) is 4.40 Å². The van der Waals surface area contributed by atoms with Crippen LogP contribution in [0.1, 0.15) is 19.3 Å². The lowest BCUT2D eigenvalue weighted by molar-refractivity contribution is -0.150. The van der Waals surface area contributed by atoms with Crippen LogP contribution in [0, 0.1) is 0 Å². The van der Waals surface area contributed by atoms with E-state index in [1.165, 1.54) is 17.1 Å². The quantitative estimate of drug-likeness (QED) is 0.756. The van der Waals surface area contributed by atoms with Crippen LogP contribution in [0.5, 0.6) is 0 Å². The van der Waals surface area contributed by atoms with Gasteiger partial charge >= 0.3 is 5.97 Å². The minimum Gasteiger partial charge on any atom is -0.480 e. The van der Waals surface area contributed by atoms with Crippen LogP contribution in [0.4, 0.5) is 0 Å². The maximum absolute atomic E-state index is 12.6. The highest BCUT2D eigenvalue weighted by Crippen LogP contribution is 2.22. The van der Waals surface area contributed by atoms with Gasteiger partial charge in [0.2, 0.25) is 0 Å². The number of carbonyl (C=O) groups is 2. The van der Waals surface area contributed by atoms with Gasteiger partial charge in [-0.2, -0.15) is 0 Å². The van der Waals surface area contributed by atoms with Gasteiger partial charge in [-0.05, 0) is 31.4 Å². The highest BCUT2D eigenvalue weighted by atomic mass is 32.2. The predicted molar refractivity (Wildman–Crippen MR) is 82.1 cm³/mol. The summed E-state index contributed by atoms with van der Waals surface area (Å²) in [6.45, 7) is 0.640. The van der Waals surface area contributed by atoms with E-state index in [1.807, 2.05) is 0 Å². The molecule has 9 heteroatoms. The number of fused-ring (bicyclic) bond motifs is 1. The molecule has 1 amide bonds. The number of sulfonamides is 1. The van der Waals surface area contributed by atoms with Crippen molar-refractivity contribution in [2.45, 2.75) is 25.3 Å². The molecule has 0 aromatic carbocycles. The number of piperidine rings is 1.